The van der Waals surface area contributed by atoms with Crippen LogP contribution in [-0.4, -0.2) is 34.8 Å². The van der Waals surface area contributed by atoms with Crippen molar-refractivity contribution in [3.63, 3.8) is 0 Å². The van der Waals surface area contributed by atoms with E-state index in [1.54, 1.807) is 29.1 Å². The van der Waals surface area contributed by atoms with Gasteiger partial charge in [-0.25, -0.2) is 4.68 Å². The van der Waals surface area contributed by atoms with Crippen LogP contribution >= 0.6 is 0 Å². The number of nitrogens with one attached hydrogen (secondary N) is 2. The van der Waals surface area contributed by atoms with E-state index >= 15 is 0 Å². The van der Waals surface area contributed by atoms with E-state index in [-0.39, 0.29) is 6.10 Å². The molecule has 1 heterocycles. The van der Waals surface area contributed by atoms with E-state index in [4.69, 9.17) is 9.47 Å². The van der Waals surface area contributed by atoms with Crippen molar-refractivity contribution in [3.05, 3.63) is 96.2 Å². The van der Waals surface area contributed by atoms with E-state index in [1.807, 2.05) is 74.5 Å². The zero-order chi connectivity index (χ0) is 24.8. The van der Waals surface area contributed by atoms with Crippen LogP contribution in [-0.2, 0) is 0 Å². The van der Waals surface area contributed by atoms with E-state index in [0.717, 1.165) is 11.3 Å². The molecule has 4 aromatic rings. The molecule has 0 spiro atoms. The molecule has 4 rings (SSSR count). The van der Waals surface area contributed by atoms with Crippen LogP contribution in [0.15, 0.2) is 85.1 Å². The highest BCUT2D eigenvalue weighted by molar-refractivity contribution is 6.02. The number of nitrogens with zero attached hydrogens (tertiary/aromatic N) is 2. The van der Waals surface area contributed by atoms with Gasteiger partial charge in [-0.15, -0.1) is 0 Å². The molecule has 0 aliphatic carbocycles. The van der Waals surface area contributed by atoms with Crippen LogP contribution in [0.2, 0.25) is 0 Å². The topological polar surface area (TPSA) is 94.5 Å². The summed E-state index contributed by atoms with van der Waals surface area (Å²) in [5.74, 6) is -0.0346. The number of rotatable bonds is 7. The van der Waals surface area contributed by atoms with Gasteiger partial charge in [0.15, 0.2) is 11.5 Å². The zero-order valence-corrected chi connectivity index (χ0v) is 19.7. The number of hydrogen-bond acceptors (Lipinski definition) is 5. The molecule has 1 aromatic heterocycles. The molecule has 0 aliphatic rings. The Bertz CT molecular complexity index is 1320. The van der Waals surface area contributed by atoms with Gasteiger partial charge in [0.05, 0.1) is 24.5 Å². The molecule has 0 radical (unpaired) electrons. The minimum atomic E-state index is -0.496. The lowest BCUT2D eigenvalue weighted by Gasteiger charge is -2.14. The van der Waals surface area contributed by atoms with Crippen LogP contribution < -0.4 is 20.3 Å². The Balaban J connectivity index is 1.55. The average Bonchev–Trinajstić information content (AvgIpc) is 3.34. The largest absolute Gasteiger partial charge is 0.493 e. The van der Waals surface area contributed by atoms with E-state index < -0.39 is 11.8 Å². The predicted octanol–water partition coefficient (Wildman–Crippen LogP) is 4.41. The first-order valence-corrected chi connectivity index (χ1v) is 11.1. The number of hydrogen-bond donors (Lipinski definition) is 2. The minimum absolute atomic E-state index is 0.0431. The maximum Gasteiger partial charge on any atom is 0.273 e. The highest BCUT2D eigenvalue weighted by Gasteiger charge is 2.20. The lowest BCUT2D eigenvalue weighted by atomic mass is 10.1. The summed E-state index contributed by atoms with van der Waals surface area (Å²) in [4.78, 5) is 25.8. The molecule has 178 valence electrons. The smallest absolute Gasteiger partial charge is 0.273 e. The lowest BCUT2D eigenvalue weighted by molar-refractivity contribution is 0.0846. The van der Waals surface area contributed by atoms with E-state index in [2.05, 4.69) is 16.0 Å². The van der Waals surface area contributed by atoms with E-state index in [1.165, 1.54) is 7.11 Å². The van der Waals surface area contributed by atoms with Crippen molar-refractivity contribution >= 4 is 11.8 Å². The van der Waals surface area contributed by atoms with Crippen molar-refractivity contribution in [1.29, 1.82) is 0 Å². The first-order chi connectivity index (χ1) is 17.0. The number of hydrazine groups is 1. The standard InChI is InChI=1S/C27H26N4O4/c1-18(2)35-23-15-14-20(16-24(23)34-3)26(32)28-29-27(33)22-17-31(21-12-8-5-9-13-21)30-25(22)19-10-6-4-7-11-19/h4-18H,1-3H3,(H,28,32)(H,29,33). The Morgan fingerprint density at radius 1 is 0.857 bits per heavy atom. The minimum Gasteiger partial charge on any atom is -0.493 e. The van der Waals surface area contributed by atoms with Crippen LogP contribution in [0.1, 0.15) is 34.6 Å². The third-order valence-corrected chi connectivity index (χ3v) is 5.10. The van der Waals surface area contributed by atoms with Crippen LogP contribution in [0, 0.1) is 0 Å². The third kappa shape index (κ3) is 5.50. The number of aromatic nitrogens is 2. The van der Waals surface area contributed by atoms with Crippen molar-refractivity contribution in [2.24, 2.45) is 0 Å². The van der Waals surface area contributed by atoms with E-state index in [9.17, 15) is 9.59 Å². The normalized spacial score (nSPS) is 10.6. The zero-order valence-electron chi connectivity index (χ0n) is 19.7. The van der Waals surface area contributed by atoms with Crippen LogP contribution in [0.3, 0.4) is 0 Å². The maximum atomic E-state index is 13.1. The van der Waals surface area contributed by atoms with Gasteiger partial charge in [0.25, 0.3) is 11.8 Å². The second-order valence-electron chi connectivity index (χ2n) is 7.98. The summed E-state index contributed by atoms with van der Waals surface area (Å²) >= 11 is 0. The number of amides is 2. The summed E-state index contributed by atoms with van der Waals surface area (Å²) < 4.78 is 12.7. The van der Waals surface area contributed by atoms with Gasteiger partial charge in [-0.1, -0.05) is 48.5 Å². The molecule has 0 fully saturated rings. The van der Waals surface area contributed by atoms with Gasteiger partial charge in [0.2, 0.25) is 0 Å². The number of benzene rings is 3. The van der Waals surface area contributed by atoms with Gasteiger partial charge in [0.1, 0.15) is 5.69 Å². The molecule has 0 unspecified atom stereocenters. The molecular formula is C27H26N4O4. The van der Waals surface area contributed by atoms with Gasteiger partial charge in [0, 0.05) is 17.3 Å². The summed E-state index contributed by atoms with van der Waals surface area (Å²) in [6.07, 6.45) is 1.60. The predicted molar refractivity (Wildman–Crippen MR) is 133 cm³/mol. The molecule has 2 amide bonds. The Kier molecular flexibility index (Phi) is 7.11. The first kappa shape index (κ1) is 23.6. The molecule has 0 saturated carbocycles. The summed E-state index contributed by atoms with van der Waals surface area (Å²) in [6.45, 7) is 3.80. The SMILES string of the molecule is COc1cc(C(=O)NNC(=O)c2cn(-c3ccccc3)nc2-c2ccccc2)ccc1OC(C)C. The van der Waals surface area contributed by atoms with E-state index in [0.29, 0.717) is 28.3 Å². The van der Waals surface area contributed by atoms with Crippen LogP contribution in [0.5, 0.6) is 11.5 Å². The Labute approximate surface area is 203 Å². The first-order valence-electron chi connectivity index (χ1n) is 11.1. The van der Waals surface area contributed by atoms with Crippen LogP contribution in [0.4, 0.5) is 0 Å². The second kappa shape index (κ2) is 10.6. The van der Waals surface area contributed by atoms with Crippen molar-refractivity contribution in [1.82, 2.24) is 20.6 Å². The Morgan fingerprint density at radius 3 is 2.17 bits per heavy atom. The molecule has 0 saturated heterocycles. The van der Waals surface area contributed by atoms with Crippen molar-refractivity contribution in [3.8, 4) is 28.4 Å². The fraction of sp³-hybridized carbons (Fsp3) is 0.148. The number of carbonyl (C=O) groups excluding carboxylic acids is 2. The van der Waals surface area contributed by atoms with Crippen LogP contribution in [0.25, 0.3) is 16.9 Å². The molecular weight excluding hydrogens is 444 g/mol. The lowest BCUT2D eigenvalue weighted by Crippen LogP contribution is -2.41. The molecule has 2 N–H and O–H groups in total. The third-order valence-electron chi connectivity index (χ3n) is 5.10. The highest BCUT2D eigenvalue weighted by Crippen LogP contribution is 2.29. The number of ether oxygens (including phenoxy) is 2. The molecule has 0 bridgehead atoms. The molecule has 8 nitrogen and oxygen atoms in total. The fourth-order valence-corrected chi connectivity index (χ4v) is 3.48. The maximum absolute atomic E-state index is 13.1. The van der Waals surface area contributed by atoms with Crippen molar-refractivity contribution in [2.45, 2.75) is 20.0 Å². The molecule has 35 heavy (non-hydrogen) atoms. The Morgan fingerprint density at radius 2 is 1.51 bits per heavy atom. The quantitative estimate of drug-likeness (QED) is 0.390. The number of carbonyl (C=O) groups is 2. The summed E-state index contributed by atoms with van der Waals surface area (Å²) in [7, 11) is 1.50. The van der Waals surface area contributed by atoms with Crippen molar-refractivity contribution in [2.75, 3.05) is 7.11 Å². The van der Waals surface area contributed by atoms with Gasteiger partial charge >= 0.3 is 0 Å². The van der Waals surface area contributed by atoms with Gasteiger partial charge in [-0.05, 0) is 44.2 Å². The molecule has 8 heteroatoms. The number of methoxy groups -OCH3 is 1. The Hall–Kier alpha value is -4.59. The van der Waals surface area contributed by atoms with Crippen molar-refractivity contribution < 1.29 is 19.1 Å². The van der Waals surface area contributed by atoms with Gasteiger partial charge in [-0.3, -0.25) is 20.4 Å². The number of para-hydroxylation sites is 1. The summed E-state index contributed by atoms with van der Waals surface area (Å²) in [6, 6.07) is 23.7. The van der Waals surface area contributed by atoms with Gasteiger partial charge in [-0.2, -0.15) is 5.10 Å². The summed E-state index contributed by atoms with van der Waals surface area (Å²) in [5, 5.41) is 4.63. The fourth-order valence-electron chi connectivity index (χ4n) is 3.48. The molecule has 0 atom stereocenters. The van der Waals surface area contributed by atoms with Gasteiger partial charge < -0.3 is 9.47 Å². The molecule has 3 aromatic carbocycles. The monoisotopic (exact) mass is 470 g/mol. The highest BCUT2D eigenvalue weighted by atomic mass is 16.5. The molecule has 0 aliphatic heterocycles. The second-order valence-corrected chi connectivity index (χ2v) is 7.98. The summed E-state index contributed by atoms with van der Waals surface area (Å²) in [5.41, 5.74) is 7.67. The average molecular weight is 471 g/mol.